The van der Waals surface area contributed by atoms with Gasteiger partial charge in [-0.2, -0.15) is 5.10 Å². The summed E-state index contributed by atoms with van der Waals surface area (Å²) >= 11 is 0. The number of aryl methyl sites for hydroxylation is 2. The number of nitrogens with zero attached hydrogens (tertiary/aromatic N) is 2. The van der Waals surface area contributed by atoms with Crippen LogP contribution in [0.4, 0.5) is 5.69 Å². The zero-order valence-corrected chi connectivity index (χ0v) is 17.6. The zero-order chi connectivity index (χ0) is 21.1. The minimum absolute atomic E-state index is 0.114. The van der Waals surface area contributed by atoms with E-state index in [1.165, 1.54) is 0 Å². The highest BCUT2D eigenvalue weighted by Gasteiger charge is 2.20. The minimum atomic E-state index is -0.210. The number of amides is 1. The summed E-state index contributed by atoms with van der Waals surface area (Å²) in [6, 6.07) is 13.7. The first-order valence-electron chi connectivity index (χ1n) is 10.3. The fourth-order valence-corrected chi connectivity index (χ4v) is 3.68. The van der Waals surface area contributed by atoms with Crippen LogP contribution in [-0.2, 0) is 4.74 Å². The van der Waals surface area contributed by atoms with Crippen molar-refractivity contribution in [3.8, 4) is 11.4 Å². The molecule has 3 aromatic rings. The van der Waals surface area contributed by atoms with Crippen molar-refractivity contribution in [3.63, 3.8) is 0 Å². The molecule has 1 unspecified atom stereocenters. The second kappa shape index (κ2) is 8.71. The summed E-state index contributed by atoms with van der Waals surface area (Å²) in [6.07, 6.45) is 3.79. The molecule has 0 aliphatic carbocycles. The fraction of sp³-hybridized carbons (Fsp3) is 0.333. The van der Waals surface area contributed by atoms with Gasteiger partial charge in [-0.25, -0.2) is 4.68 Å². The molecular formula is C24H27N3O3. The number of hydrogen-bond donors (Lipinski definition) is 1. The van der Waals surface area contributed by atoms with Gasteiger partial charge in [-0.05, 0) is 62.9 Å². The Morgan fingerprint density at radius 3 is 2.83 bits per heavy atom. The number of anilines is 1. The number of nitrogens with one attached hydrogen (secondary N) is 1. The Hall–Kier alpha value is -3.12. The summed E-state index contributed by atoms with van der Waals surface area (Å²) in [5.74, 6) is 0.445. The predicted octanol–water partition coefficient (Wildman–Crippen LogP) is 4.61. The number of para-hydroxylation sites is 1. The standard InChI is InChI=1S/C24H27N3O3/c1-16-10-11-21(23(13-16)30-15-19-8-6-12-29-19)26-24(28)20-14-25-27(18(20)3)22-9-5-4-7-17(22)2/h4-5,7,9-11,13-14,19H,6,8,12,15H2,1-3H3,(H,26,28). The smallest absolute Gasteiger partial charge is 0.259 e. The van der Waals surface area contributed by atoms with Crippen LogP contribution in [0.2, 0.25) is 0 Å². The van der Waals surface area contributed by atoms with Crippen LogP contribution in [-0.4, -0.2) is 35.0 Å². The normalized spacial score (nSPS) is 15.9. The molecule has 1 aromatic heterocycles. The number of hydrogen-bond acceptors (Lipinski definition) is 4. The van der Waals surface area contributed by atoms with Gasteiger partial charge in [0, 0.05) is 6.61 Å². The summed E-state index contributed by atoms with van der Waals surface area (Å²) in [7, 11) is 0. The van der Waals surface area contributed by atoms with Gasteiger partial charge in [0.05, 0.1) is 34.9 Å². The molecule has 1 aliphatic rings. The van der Waals surface area contributed by atoms with Gasteiger partial charge in [0.2, 0.25) is 0 Å². The third-order valence-corrected chi connectivity index (χ3v) is 5.43. The summed E-state index contributed by atoms with van der Waals surface area (Å²) in [5, 5.41) is 7.43. The highest BCUT2D eigenvalue weighted by atomic mass is 16.5. The van der Waals surface area contributed by atoms with Crippen LogP contribution in [0.1, 0.15) is 40.0 Å². The van der Waals surface area contributed by atoms with E-state index in [4.69, 9.17) is 9.47 Å². The maximum atomic E-state index is 13.0. The van der Waals surface area contributed by atoms with E-state index in [0.717, 1.165) is 42.0 Å². The summed E-state index contributed by atoms with van der Waals surface area (Å²) < 4.78 is 13.4. The van der Waals surface area contributed by atoms with Crippen LogP contribution in [0, 0.1) is 20.8 Å². The Kier molecular flexibility index (Phi) is 5.86. The van der Waals surface area contributed by atoms with E-state index < -0.39 is 0 Å². The zero-order valence-electron chi connectivity index (χ0n) is 17.6. The van der Waals surface area contributed by atoms with Crippen LogP contribution in [0.15, 0.2) is 48.7 Å². The van der Waals surface area contributed by atoms with Crippen LogP contribution >= 0.6 is 0 Å². The van der Waals surface area contributed by atoms with Gasteiger partial charge in [0.15, 0.2) is 0 Å². The largest absolute Gasteiger partial charge is 0.489 e. The first-order valence-corrected chi connectivity index (χ1v) is 10.3. The van der Waals surface area contributed by atoms with E-state index in [1.54, 1.807) is 10.9 Å². The van der Waals surface area contributed by atoms with Crippen molar-refractivity contribution in [1.29, 1.82) is 0 Å². The molecule has 30 heavy (non-hydrogen) atoms. The number of benzene rings is 2. The highest BCUT2D eigenvalue weighted by molar-refractivity contribution is 6.05. The maximum absolute atomic E-state index is 13.0. The van der Waals surface area contributed by atoms with Crippen molar-refractivity contribution in [1.82, 2.24) is 9.78 Å². The molecule has 6 nitrogen and oxygen atoms in total. The molecule has 0 spiro atoms. The fourth-order valence-electron chi connectivity index (χ4n) is 3.68. The molecule has 0 saturated carbocycles. The van der Waals surface area contributed by atoms with Crippen molar-refractivity contribution in [2.24, 2.45) is 0 Å². The van der Waals surface area contributed by atoms with Crippen molar-refractivity contribution in [3.05, 3.63) is 71.0 Å². The average Bonchev–Trinajstić information content (AvgIpc) is 3.38. The Morgan fingerprint density at radius 2 is 2.07 bits per heavy atom. The topological polar surface area (TPSA) is 65.4 Å². The summed E-state index contributed by atoms with van der Waals surface area (Å²) in [4.78, 5) is 13.0. The molecule has 1 atom stereocenters. The Labute approximate surface area is 176 Å². The number of ether oxygens (including phenoxy) is 2. The molecule has 2 aromatic carbocycles. The molecule has 6 heteroatoms. The first kappa shape index (κ1) is 20.2. The number of rotatable bonds is 6. The van der Waals surface area contributed by atoms with E-state index in [9.17, 15) is 4.79 Å². The van der Waals surface area contributed by atoms with Gasteiger partial charge in [0.25, 0.3) is 5.91 Å². The monoisotopic (exact) mass is 405 g/mol. The minimum Gasteiger partial charge on any atom is -0.489 e. The molecule has 2 heterocycles. The third-order valence-electron chi connectivity index (χ3n) is 5.43. The lowest BCUT2D eigenvalue weighted by molar-refractivity contribution is 0.0681. The van der Waals surface area contributed by atoms with Crippen molar-refractivity contribution >= 4 is 11.6 Å². The van der Waals surface area contributed by atoms with Crippen LogP contribution in [0.25, 0.3) is 5.69 Å². The number of aromatic nitrogens is 2. The van der Waals surface area contributed by atoms with E-state index in [0.29, 0.717) is 23.6 Å². The molecular weight excluding hydrogens is 378 g/mol. The quantitative estimate of drug-likeness (QED) is 0.651. The maximum Gasteiger partial charge on any atom is 0.259 e. The van der Waals surface area contributed by atoms with Crippen molar-refractivity contribution < 1.29 is 14.3 Å². The summed E-state index contributed by atoms with van der Waals surface area (Å²) in [5.41, 5.74) is 5.09. The molecule has 1 amide bonds. The van der Waals surface area contributed by atoms with Gasteiger partial charge in [0.1, 0.15) is 12.4 Å². The molecule has 0 radical (unpaired) electrons. The SMILES string of the molecule is Cc1ccc(NC(=O)c2cnn(-c3ccccc3C)c2C)c(OCC2CCCO2)c1. The molecule has 1 saturated heterocycles. The second-order valence-electron chi connectivity index (χ2n) is 7.74. The Balaban J connectivity index is 1.53. The van der Waals surface area contributed by atoms with Crippen LogP contribution in [0.5, 0.6) is 5.75 Å². The van der Waals surface area contributed by atoms with E-state index in [2.05, 4.69) is 10.4 Å². The van der Waals surface area contributed by atoms with Gasteiger partial charge in [-0.1, -0.05) is 24.3 Å². The third kappa shape index (κ3) is 4.24. The Morgan fingerprint density at radius 1 is 1.23 bits per heavy atom. The summed E-state index contributed by atoms with van der Waals surface area (Å²) in [6.45, 7) is 7.20. The number of carbonyl (C=O) groups is 1. The van der Waals surface area contributed by atoms with Gasteiger partial charge >= 0.3 is 0 Å². The van der Waals surface area contributed by atoms with Gasteiger partial charge in [-0.15, -0.1) is 0 Å². The molecule has 156 valence electrons. The van der Waals surface area contributed by atoms with E-state index in [-0.39, 0.29) is 12.0 Å². The van der Waals surface area contributed by atoms with Gasteiger partial charge < -0.3 is 14.8 Å². The van der Waals surface area contributed by atoms with Crippen LogP contribution < -0.4 is 10.1 Å². The molecule has 4 rings (SSSR count). The molecule has 1 aliphatic heterocycles. The van der Waals surface area contributed by atoms with Gasteiger partial charge in [-0.3, -0.25) is 4.79 Å². The second-order valence-corrected chi connectivity index (χ2v) is 7.74. The first-order chi connectivity index (χ1) is 14.5. The lowest BCUT2D eigenvalue weighted by Gasteiger charge is -2.16. The molecule has 0 bridgehead atoms. The molecule has 1 N–H and O–H groups in total. The lowest BCUT2D eigenvalue weighted by Crippen LogP contribution is -2.18. The molecule has 1 fully saturated rings. The van der Waals surface area contributed by atoms with Crippen LogP contribution in [0.3, 0.4) is 0 Å². The van der Waals surface area contributed by atoms with E-state index in [1.807, 2.05) is 63.2 Å². The number of carbonyl (C=O) groups excluding carboxylic acids is 1. The highest BCUT2D eigenvalue weighted by Crippen LogP contribution is 2.28. The predicted molar refractivity (Wildman–Crippen MR) is 117 cm³/mol. The average molecular weight is 405 g/mol. The Bertz CT molecular complexity index is 1050. The lowest BCUT2D eigenvalue weighted by atomic mass is 10.1. The van der Waals surface area contributed by atoms with Crippen molar-refractivity contribution in [2.75, 3.05) is 18.5 Å². The van der Waals surface area contributed by atoms with E-state index >= 15 is 0 Å². The van der Waals surface area contributed by atoms with Crippen molar-refractivity contribution in [2.45, 2.75) is 39.7 Å².